The number of ether oxygens (including phenoxy) is 3. The largest absolute Gasteiger partial charge is 0.497 e. The minimum Gasteiger partial charge on any atom is -0.497 e. The number of fused-ring (bicyclic) bond motifs is 1. The molecule has 1 aromatic rings. The lowest BCUT2D eigenvalue weighted by Crippen LogP contribution is -2.06. The van der Waals surface area contributed by atoms with Crippen LogP contribution in [0.15, 0.2) is 12.1 Å². The third-order valence-electron chi connectivity index (χ3n) is 2.20. The van der Waals surface area contributed by atoms with Crippen LogP contribution in [0, 0.1) is 0 Å². The second-order valence-corrected chi connectivity index (χ2v) is 3.24. The molecule has 0 bridgehead atoms. The molecule has 1 unspecified atom stereocenters. The van der Waals surface area contributed by atoms with Crippen LogP contribution >= 0.6 is 0 Å². The Morgan fingerprint density at radius 3 is 2.86 bits per heavy atom. The Kier molecular flexibility index (Phi) is 2.21. The summed E-state index contributed by atoms with van der Waals surface area (Å²) in [4.78, 5) is 0. The molecule has 4 nitrogen and oxygen atoms in total. The summed E-state index contributed by atoms with van der Waals surface area (Å²) in [5, 5.41) is 0. The summed E-state index contributed by atoms with van der Waals surface area (Å²) in [7, 11) is 1.61. The lowest BCUT2D eigenvalue weighted by atomic mass is 10.1. The van der Waals surface area contributed by atoms with Crippen LogP contribution in [0.2, 0.25) is 0 Å². The van der Waals surface area contributed by atoms with Crippen molar-refractivity contribution >= 4 is 0 Å². The minimum absolute atomic E-state index is 0.0967. The normalized spacial score (nSPS) is 15.4. The first kappa shape index (κ1) is 9.15. The number of rotatable bonds is 2. The van der Waals surface area contributed by atoms with Crippen LogP contribution in [-0.4, -0.2) is 13.9 Å². The molecule has 1 aliphatic rings. The summed E-state index contributed by atoms with van der Waals surface area (Å²) in [6.45, 7) is 2.15. The third-order valence-corrected chi connectivity index (χ3v) is 2.20. The van der Waals surface area contributed by atoms with E-state index in [1.165, 1.54) is 0 Å². The molecule has 14 heavy (non-hydrogen) atoms. The highest BCUT2D eigenvalue weighted by atomic mass is 16.7. The van der Waals surface area contributed by atoms with Crippen molar-refractivity contribution in [2.75, 3.05) is 13.9 Å². The van der Waals surface area contributed by atoms with Crippen LogP contribution in [0.25, 0.3) is 0 Å². The van der Waals surface area contributed by atoms with Gasteiger partial charge in [0.1, 0.15) is 5.75 Å². The van der Waals surface area contributed by atoms with E-state index in [-0.39, 0.29) is 12.8 Å². The van der Waals surface area contributed by atoms with Gasteiger partial charge in [0.15, 0.2) is 11.5 Å². The SMILES string of the molecule is COc1cc2c(c(C(C)N)c1)OCO2. The van der Waals surface area contributed by atoms with E-state index < -0.39 is 0 Å². The molecule has 4 heteroatoms. The van der Waals surface area contributed by atoms with Crippen molar-refractivity contribution in [3.8, 4) is 17.2 Å². The van der Waals surface area contributed by atoms with Crippen LogP contribution in [0.5, 0.6) is 17.2 Å². The quantitative estimate of drug-likeness (QED) is 0.775. The number of nitrogens with two attached hydrogens (primary N) is 1. The van der Waals surface area contributed by atoms with Crippen molar-refractivity contribution < 1.29 is 14.2 Å². The lowest BCUT2D eigenvalue weighted by Gasteiger charge is -2.11. The van der Waals surface area contributed by atoms with Gasteiger partial charge in [-0.25, -0.2) is 0 Å². The second kappa shape index (κ2) is 3.38. The van der Waals surface area contributed by atoms with Crippen molar-refractivity contribution in [1.29, 1.82) is 0 Å². The van der Waals surface area contributed by atoms with Gasteiger partial charge >= 0.3 is 0 Å². The Balaban J connectivity index is 2.52. The van der Waals surface area contributed by atoms with Gasteiger partial charge in [-0.1, -0.05) is 0 Å². The summed E-state index contributed by atoms with van der Waals surface area (Å²) in [6.07, 6.45) is 0. The first-order valence-corrected chi connectivity index (χ1v) is 4.45. The number of hydrogen-bond acceptors (Lipinski definition) is 4. The molecule has 0 aromatic heterocycles. The number of hydrogen-bond donors (Lipinski definition) is 1. The predicted molar refractivity (Wildman–Crippen MR) is 51.7 cm³/mol. The smallest absolute Gasteiger partial charge is 0.231 e. The maximum absolute atomic E-state index is 5.82. The highest BCUT2D eigenvalue weighted by Crippen LogP contribution is 2.41. The van der Waals surface area contributed by atoms with E-state index in [1.807, 2.05) is 13.0 Å². The van der Waals surface area contributed by atoms with Crippen molar-refractivity contribution in [2.45, 2.75) is 13.0 Å². The van der Waals surface area contributed by atoms with E-state index in [1.54, 1.807) is 13.2 Å². The first-order chi connectivity index (χ1) is 6.72. The lowest BCUT2D eigenvalue weighted by molar-refractivity contribution is 0.173. The molecular formula is C10H13NO3. The number of methoxy groups -OCH3 is 1. The summed E-state index contributed by atoms with van der Waals surface area (Å²) in [5.74, 6) is 2.18. The molecule has 0 amide bonds. The molecule has 0 aliphatic carbocycles. The summed E-state index contributed by atoms with van der Waals surface area (Å²) >= 11 is 0. The summed E-state index contributed by atoms with van der Waals surface area (Å²) in [6, 6.07) is 3.58. The first-order valence-electron chi connectivity index (χ1n) is 4.45. The van der Waals surface area contributed by atoms with E-state index in [2.05, 4.69) is 0 Å². The van der Waals surface area contributed by atoms with Crippen LogP contribution in [0.4, 0.5) is 0 Å². The van der Waals surface area contributed by atoms with Crippen molar-refractivity contribution in [2.24, 2.45) is 5.73 Å². The van der Waals surface area contributed by atoms with E-state index in [0.717, 1.165) is 17.1 Å². The molecule has 0 radical (unpaired) electrons. The number of benzene rings is 1. The van der Waals surface area contributed by atoms with Gasteiger partial charge in [0, 0.05) is 17.7 Å². The second-order valence-electron chi connectivity index (χ2n) is 3.24. The Morgan fingerprint density at radius 1 is 1.43 bits per heavy atom. The van der Waals surface area contributed by atoms with Crippen LogP contribution in [0.3, 0.4) is 0 Å². The molecule has 0 spiro atoms. The molecule has 1 aliphatic heterocycles. The van der Waals surface area contributed by atoms with Crippen LogP contribution in [0.1, 0.15) is 18.5 Å². The monoisotopic (exact) mass is 195 g/mol. The van der Waals surface area contributed by atoms with Gasteiger partial charge in [0.05, 0.1) is 7.11 Å². The summed E-state index contributed by atoms with van der Waals surface area (Å²) in [5.41, 5.74) is 6.73. The Bertz CT molecular complexity index is 349. The topological polar surface area (TPSA) is 53.7 Å². The Morgan fingerprint density at radius 2 is 2.21 bits per heavy atom. The van der Waals surface area contributed by atoms with Gasteiger partial charge in [0.2, 0.25) is 6.79 Å². The predicted octanol–water partition coefficient (Wildman–Crippen LogP) is 1.44. The fourth-order valence-corrected chi connectivity index (χ4v) is 1.47. The maximum atomic E-state index is 5.82. The highest BCUT2D eigenvalue weighted by Gasteiger charge is 2.21. The molecule has 0 saturated heterocycles. The van der Waals surface area contributed by atoms with Crippen molar-refractivity contribution in [1.82, 2.24) is 0 Å². The summed E-state index contributed by atoms with van der Waals surface area (Å²) < 4.78 is 15.7. The fourth-order valence-electron chi connectivity index (χ4n) is 1.47. The van der Waals surface area contributed by atoms with E-state index in [0.29, 0.717) is 5.75 Å². The van der Waals surface area contributed by atoms with Crippen molar-refractivity contribution in [3.05, 3.63) is 17.7 Å². The standard InChI is InChI=1S/C10H13NO3/c1-6(11)8-3-7(12-2)4-9-10(8)14-5-13-9/h3-4,6H,5,11H2,1-2H3. The molecular weight excluding hydrogens is 182 g/mol. The maximum Gasteiger partial charge on any atom is 0.231 e. The van der Waals surface area contributed by atoms with E-state index >= 15 is 0 Å². The fraction of sp³-hybridized carbons (Fsp3) is 0.400. The van der Waals surface area contributed by atoms with E-state index in [9.17, 15) is 0 Å². The zero-order valence-corrected chi connectivity index (χ0v) is 8.24. The molecule has 1 atom stereocenters. The Hall–Kier alpha value is -1.42. The van der Waals surface area contributed by atoms with Crippen molar-refractivity contribution in [3.63, 3.8) is 0 Å². The highest BCUT2D eigenvalue weighted by molar-refractivity contribution is 5.54. The molecule has 2 rings (SSSR count). The van der Waals surface area contributed by atoms with Gasteiger partial charge in [-0.05, 0) is 13.0 Å². The third kappa shape index (κ3) is 1.37. The molecule has 0 fully saturated rings. The minimum atomic E-state index is -0.0967. The molecule has 2 N–H and O–H groups in total. The van der Waals surface area contributed by atoms with Gasteiger partial charge in [-0.15, -0.1) is 0 Å². The average Bonchev–Trinajstić information content (AvgIpc) is 2.63. The zero-order valence-electron chi connectivity index (χ0n) is 8.24. The van der Waals surface area contributed by atoms with Gasteiger partial charge < -0.3 is 19.9 Å². The molecule has 76 valence electrons. The van der Waals surface area contributed by atoms with E-state index in [4.69, 9.17) is 19.9 Å². The molecule has 1 heterocycles. The van der Waals surface area contributed by atoms with Crippen LogP contribution in [-0.2, 0) is 0 Å². The zero-order chi connectivity index (χ0) is 10.1. The van der Waals surface area contributed by atoms with Gasteiger partial charge in [-0.2, -0.15) is 0 Å². The Labute approximate surface area is 82.6 Å². The van der Waals surface area contributed by atoms with Gasteiger partial charge in [0.25, 0.3) is 0 Å². The molecule has 0 saturated carbocycles. The van der Waals surface area contributed by atoms with Crippen LogP contribution < -0.4 is 19.9 Å². The average molecular weight is 195 g/mol. The molecule has 1 aromatic carbocycles. The van der Waals surface area contributed by atoms with Gasteiger partial charge in [-0.3, -0.25) is 0 Å².